The molecular formula is C13H11F4N3. The summed E-state index contributed by atoms with van der Waals surface area (Å²) in [6.07, 6.45) is -3.29. The van der Waals surface area contributed by atoms with E-state index in [4.69, 9.17) is 5.73 Å². The molecule has 2 aromatic heterocycles. The normalized spacial score (nSPS) is 13.3. The number of aromatic nitrogens is 2. The molecule has 0 bridgehead atoms. The molecule has 3 nitrogen and oxygen atoms in total. The van der Waals surface area contributed by atoms with Crippen molar-refractivity contribution in [3.8, 4) is 11.3 Å². The van der Waals surface area contributed by atoms with Gasteiger partial charge in [0.1, 0.15) is 11.5 Å². The summed E-state index contributed by atoms with van der Waals surface area (Å²) in [4.78, 5) is 7.29. The van der Waals surface area contributed by atoms with Crippen molar-refractivity contribution in [2.45, 2.75) is 19.1 Å². The highest BCUT2D eigenvalue weighted by atomic mass is 19.4. The third kappa shape index (κ3) is 2.93. The van der Waals surface area contributed by atoms with Crippen molar-refractivity contribution < 1.29 is 17.6 Å². The lowest BCUT2D eigenvalue weighted by molar-refractivity contribution is -0.141. The smallest absolute Gasteiger partial charge is 0.323 e. The van der Waals surface area contributed by atoms with E-state index in [0.29, 0.717) is 0 Å². The molecule has 106 valence electrons. The van der Waals surface area contributed by atoms with Gasteiger partial charge < -0.3 is 5.73 Å². The Hall–Kier alpha value is -2.02. The molecule has 20 heavy (non-hydrogen) atoms. The molecule has 0 aliphatic rings. The van der Waals surface area contributed by atoms with Crippen molar-refractivity contribution in [1.29, 1.82) is 0 Å². The van der Waals surface area contributed by atoms with Gasteiger partial charge in [-0.3, -0.25) is 4.98 Å². The van der Waals surface area contributed by atoms with Crippen LogP contribution in [-0.2, 0) is 6.18 Å². The molecule has 0 aromatic carbocycles. The van der Waals surface area contributed by atoms with Gasteiger partial charge in [-0.05, 0) is 25.1 Å². The van der Waals surface area contributed by atoms with Gasteiger partial charge >= 0.3 is 6.18 Å². The number of hydrogen-bond acceptors (Lipinski definition) is 3. The van der Waals surface area contributed by atoms with Gasteiger partial charge in [-0.1, -0.05) is 6.07 Å². The molecule has 2 N–H and O–H groups in total. The summed E-state index contributed by atoms with van der Waals surface area (Å²) in [5.74, 6) is -0.670. The van der Waals surface area contributed by atoms with Crippen molar-refractivity contribution in [3.05, 3.63) is 47.7 Å². The van der Waals surface area contributed by atoms with Gasteiger partial charge in [0.05, 0.1) is 11.4 Å². The molecule has 2 heterocycles. The lowest BCUT2D eigenvalue weighted by Gasteiger charge is -2.10. The van der Waals surface area contributed by atoms with Crippen LogP contribution in [0.3, 0.4) is 0 Å². The van der Waals surface area contributed by atoms with E-state index in [1.54, 1.807) is 6.92 Å². The van der Waals surface area contributed by atoms with Gasteiger partial charge in [0.15, 0.2) is 0 Å². The van der Waals surface area contributed by atoms with Crippen LogP contribution in [0.1, 0.15) is 24.4 Å². The molecule has 0 amide bonds. The second-order valence-corrected chi connectivity index (χ2v) is 4.29. The Bertz CT molecular complexity index is 623. The van der Waals surface area contributed by atoms with Crippen LogP contribution in [0, 0.1) is 5.82 Å². The highest BCUT2D eigenvalue weighted by molar-refractivity contribution is 5.58. The van der Waals surface area contributed by atoms with E-state index in [9.17, 15) is 17.6 Å². The molecule has 2 rings (SSSR count). The van der Waals surface area contributed by atoms with E-state index >= 15 is 0 Å². The molecule has 0 saturated carbocycles. The van der Waals surface area contributed by atoms with Crippen molar-refractivity contribution in [3.63, 3.8) is 0 Å². The number of halogens is 4. The summed E-state index contributed by atoms with van der Waals surface area (Å²) in [5, 5.41) is 0. The van der Waals surface area contributed by atoms with E-state index in [2.05, 4.69) is 9.97 Å². The Morgan fingerprint density at radius 2 is 1.95 bits per heavy atom. The van der Waals surface area contributed by atoms with Crippen molar-refractivity contribution >= 4 is 0 Å². The van der Waals surface area contributed by atoms with Gasteiger partial charge in [0.25, 0.3) is 0 Å². The largest absolute Gasteiger partial charge is 0.433 e. The Kier molecular flexibility index (Phi) is 3.71. The average Bonchev–Trinajstić information content (AvgIpc) is 2.37. The van der Waals surface area contributed by atoms with Crippen LogP contribution in [-0.4, -0.2) is 9.97 Å². The van der Waals surface area contributed by atoms with Gasteiger partial charge in [-0.2, -0.15) is 13.2 Å². The van der Waals surface area contributed by atoms with E-state index < -0.39 is 23.7 Å². The molecule has 1 atom stereocenters. The monoisotopic (exact) mass is 285 g/mol. The fraction of sp³-hybridized carbons (Fsp3) is 0.231. The third-order valence-electron chi connectivity index (χ3n) is 2.64. The van der Waals surface area contributed by atoms with Crippen LogP contribution < -0.4 is 5.73 Å². The highest BCUT2D eigenvalue weighted by Gasteiger charge is 2.32. The van der Waals surface area contributed by atoms with E-state index in [-0.39, 0.29) is 17.0 Å². The van der Waals surface area contributed by atoms with Crippen LogP contribution in [0.25, 0.3) is 11.3 Å². The molecule has 7 heteroatoms. The Morgan fingerprint density at radius 3 is 2.50 bits per heavy atom. The number of alkyl halides is 3. The van der Waals surface area contributed by atoms with Crippen LogP contribution in [0.5, 0.6) is 0 Å². The lowest BCUT2D eigenvalue weighted by Crippen LogP contribution is -2.10. The molecule has 0 saturated heterocycles. The molecular weight excluding hydrogens is 274 g/mol. The maximum Gasteiger partial charge on any atom is 0.433 e. The van der Waals surface area contributed by atoms with E-state index in [0.717, 1.165) is 12.1 Å². The quantitative estimate of drug-likeness (QED) is 0.861. The number of pyridine rings is 2. The number of nitrogens with two attached hydrogens (primary N) is 1. The minimum atomic E-state index is -4.55. The fourth-order valence-corrected chi connectivity index (χ4v) is 1.68. The average molecular weight is 285 g/mol. The van der Waals surface area contributed by atoms with Crippen LogP contribution in [0.15, 0.2) is 30.5 Å². The van der Waals surface area contributed by atoms with Crippen LogP contribution >= 0.6 is 0 Å². The Balaban J connectivity index is 2.45. The van der Waals surface area contributed by atoms with Gasteiger partial charge in [0.2, 0.25) is 0 Å². The van der Waals surface area contributed by atoms with E-state index in [1.165, 1.54) is 18.3 Å². The summed E-state index contributed by atoms with van der Waals surface area (Å²) in [5.41, 5.74) is 4.71. The summed E-state index contributed by atoms with van der Waals surface area (Å²) < 4.78 is 51.4. The highest BCUT2D eigenvalue weighted by Crippen LogP contribution is 2.29. The summed E-state index contributed by atoms with van der Waals surface area (Å²) >= 11 is 0. The summed E-state index contributed by atoms with van der Waals surface area (Å²) in [7, 11) is 0. The second-order valence-electron chi connectivity index (χ2n) is 4.29. The standard InChI is InChI=1S/C13H11F4N3/c1-7(18)12-9(14)5-8(6-19-12)10-3-2-4-11(20-10)13(15,16)17/h2-7H,18H2,1H3/t7-/m0/s1. The first kappa shape index (κ1) is 14.4. The zero-order valence-corrected chi connectivity index (χ0v) is 10.4. The zero-order valence-electron chi connectivity index (χ0n) is 10.4. The zero-order chi connectivity index (χ0) is 14.9. The second kappa shape index (κ2) is 5.16. The number of nitrogens with zero attached hydrogens (tertiary/aromatic N) is 2. The number of rotatable bonds is 2. The Morgan fingerprint density at radius 1 is 1.25 bits per heavy atom. The lowest BCUT2D eigenvalue weighted by atomic mass is 10.1. The maximum absolute atomic E-state index is 13.7. The van der Waals surface area contributed by atoms with Crippen molar-refractivity contribution in [2.75, 3.05) is 0 Å². The maximum atomic E-state index is 13.7. The number of hydrogen-bond donors (Lipinski definition) is 1. The van der Waals surface area contributed by atoms with Gasteiger partial charge in [-0.15, -0.1) is 0 Å². The van der Waals surface area contributed by atoms with Crippen molar-refractivity contribution in [1.82, 2.24) is 9.97 Å². The summed E-state index contributed by atoms with van der Waals surface area (Å²) in [6.45, 7) is 1.56. The molecule has 0 fully saturated rings. The minimum Gasteiger partial charge on any atom is -0.323 e. The first-order valence-electron chi connectivity index (χ1n) is 5.74. The molecule has 0 aliphatic heterocycles. The van der Waals surface area contributed by atoms with Gasteiger partial charge in [0, 0.05) is 17.8 Å². The molecule has 2 aromatic rings. The van der Waals surface area contributed by atoms with Crippen molar-refractivity contribution in [2.24, 2.45) is 5.73 Å². The van der Waals surface area contributed by atoms with E-state index in [1.807, 2.05) is 0 Å². The topological polar surface area (TPSA) is 51.8 Å². The fourth-order valence-electron chi connectivity index (χ4n) is 1.68. The molecule has 0 radical (unpaired) electrons. The Labute approximate surface area is 112 Å². The molecule has 0 unspecified atom stereocenters. The third-order valence-corrected chi connectivity index (χ3v) is 2.64. The SMILES string of the molecule is C[C@H](N)c1ncc(-c2cccc(C(F)(F)F)n2)cc1F. The van der Waals surface area contributed by atoms with Crippen LogP contribution in [0.4, 0.5) is 17.6 Å². The van der Waals surface area contributed by atoms with Gasteiger partial charge in [-0.25, -0.2) is 9.37 Å². The molecule has 0 aliphatic carbocycles. The van der Waals surface area contributed by atoms with Crippen LogP contribution in [0.2, 0.25) is 0 Å². The first-order valence-corrected chi connectivity index (χ1v) is 5.74. The first-order chi connectivity index (χ1) is 9.29. The minimum absolute atomic E-state index is 0.00227. The molecule has 0 spiro atoms. The summed E-state index contributed by atoms with van der Waals surface area (Å²) in [6, 6.07) is 3.90. The predicted octanol–water partition coefficient (Wildman–Crippen LogP) is 3.32. The predicted molar refractivity (Wildman–Crippen MR) is 65.0 cm³/mol.